The second kappa shape index (κ2) is 9.44. The van der Waals surface area contributed by atoms with Gasteiger partial charge in [-0.1, -0.05) is 25.5 Å². The van der Waals surface area contributed by atoms with Gasteiger partial charge < -0.3 is 14.7 Å². The molecule has 0 spiro atoms. The quantitative estimate of drug-likeness (QED) is 0.732. The highest BCUT2D eigenvalue weighted by Gasteiger charge is 2.31. The standard InChI is InChI=1S/C20H29NO4/c1-15-12-17(20(23)24)14-21(13-15)19(22)7-5-3-4-6-16-8-10-18(25-2)11-9-16/h8-11,15,17H,3-7,12-14H2,1-2H3,(H,23,24). The molecule has 0 aliphatic carbocycles. The third kappa shape index (κ3) is 6.07. The van der Waals surface area contributed by atoms with Gasteiger partial charge in [0.2, 0.25) is 5.91 Å². The van der Waals surface area contributed by atoms with Crippen LogP contribution in [0.5, 0.6) is 5.75 Å². The maximum atomic E-state index is 12.3. The molecule has 1 aliphatic heterocycles. The lowest BCUT2D eigenvalue weighted by Crippen LogP contribution is -2.45. The van der Waals surface area contributed by atoms with E-state index in [4.69, 9.17) is 4.74 Å². The molecule has 0 saturated carbocycles. The molecule has 1 fully saturated rings. The van der Waals surface area contributed by atoms with Crippen LogP contribution in [0.3, 0.4) is 0 Å². The number of unbranched alkanes of at least 4 members (excludes halogenated alkanes) is 2. The highest BCUT2D eigenvalue weighted by Crippen LogP contribution is 2.23. The first-order valence-electron chi connectivity index (χ1n) is 9.13. The van der Waals surface area contributed by atoms with Crippen LogP contribution in [0.2, 0.25) is 0 Å². The molecule has 1 heterocycles. The Morgan fingerprint density at radius 3 is 2.52 bits per heavy atom. The summed E-state index contributed by atoms with van der Waals surface area (Å²) in [6.45, 7) is 3.07. The third-order valence-electron chi connectivity index (χ3n) is 4.88. The third-order valence-corrected chi connectivity index (χ3v) is 4.88. The fourth-order valence-corrected chi connectivity index (χ4v) is 3.47. The number of carboxylic acid groups (broad SMARTS) is 1. The lowest BCUT2D eigenvalue weighted by Gasteiger charge is -2.34. The van der Waals surface area contributed by atoms with Crippen molar-refractivity contribution < 1.29 is 19.4 Å². The Balaban J connectivity index is 1.66. The molecule has 0 radical (unpaired) electrons. The molecule has 1 aromatic carbocycles. The zero-order chi connectivity index (χ0) is 18.2. The maximum absolute atomic E-state index is 12.3. The van der Waals surface area contributed by atoms with E-state index in [1.165, 1.54) is 5.56 Å². The van der Waals surface area contributed by atoms with E-state index in [-0.39, 0.29) is 11.8 Å². The van der Waals surface area contributed by atoms with Crippen LogP contribution in [0, 0.1) is 11.8 Å². The van der Waals surface area contributed by atoms with E-state index in [0.717, 1.165) is 31.4 Å². The molecule has 2 atom stereocenters. The molecular weight excluding hydrogens is 318 g/mol. The SMILES string of the molecule is COc1ccc(CCCCCC(=O)N2CC(C)CC(C(=O)O)C2)cc1. The lowest BCUT2D eigenvalue weighted by molar-refractivity contribution is -0.146. The van der Waals surface area contributed by atoms with Gasteiger partial charge in [0.1, 0.15) is 5.75 Å². The zero-order valence-corrected chi connectivity index (χ0v) is 15.2. The normalized spacial score (nSPS) is 20.3. The molecule has 1 aromatic rings. The van der Waals surface area contributed by atoms with E-state index in [1.54, 1.807) is 12.0 Å². The molecule has 1 amide bonds. The molecule has 5 heteroatoms. The molecule has 0 aromatic heterocycles. The Kier molecular flexibility index (Phi) is 7.29. The van der Waals surface area contributed by atoms with Crippen molar-refractivity contribution in [2.24, 2.45) is 11.8 Å². The van der Waals surface area contributed by atoms with E-state index >= 15 is 0 Å². The van der Waals surface area contributed by atoms with Gasteiger partial charge in [-0.15, -0.1) is 0 Å². The van der Waals surface area contributed by atoms with Crippen molar-refractivity contribution in [1.82, 2.24) is 4.90 Å². The maximum Gasteiger partial charge on any atom is 0.308 e. The van der Waals surface area contributed by atoms with Gasteiger partial charge in [-0.25, -0.2) is 0 Å². The fourth-order valence-electron chi connectivity index (χ4n) is 3.47. The Morgan fingerprint density at radius 2 is 1.88 bits per heavy atom. The van der Waals surface area contributed by atoms with E-state index in [0.29, 0.717) is 25.9 Å². The first kappa shape index (κ1) is 19.3. The number of benzene rings is 1. The summed E-state index contributed by atoms with van der Waals surface area (Å²) in [5.74, 6) is 0.0208. The number of aliphatic carboxylic acids is 1. The summed E-state index contributed by atoms with van der Waals surface area (Å²) in [6.07, 6.45) is 5.09. The fraction of sp³-hybridized carbons (Fsp3) is 0.600. The van der Waals surface area contributed by atoms with Crippen LogP contribution in [0.4, 0.5) is 0 Å². The number of likely N-dealkylation sites (tertiary alicyclic amines) is 1. The van der Waals surface area contributed by atoms with E-state index in [1.807, 2.05) is 19.1 Å². The Labute approximate surface area is 150 Å². The van der Waals surface area contributed by atoms with E-state index in [2.05, 4.69) is 12.1 Å². The number of ether oxygens (including phenoxy) is 1. The highest BCUT2D eigenvalue weighted by molar-refractivity contribution is 5.78. The summed E-state index contributed by atoms with van der Waals surface area (Å²) in [5.41, 5.74) is 1.28. The van der Waals surface area contributed by atoms with Crippen molar-refractivity contribution in [3.8, 4) is 5.75 Å². The van der Waals surface area contributed by atoms with Gasteiger partial charge in [0, 0.05) is 19.5 Å². The van der Waals surface area contributed by atoms with Crippen molar-refractivity contribution in [2.75, 3.05) is 20.2 Å². The Hall–Kier alpha value is -2.04. The molecule has 5 nitrogen and oxygen atoms in total. The van der Waals surface area contributed by atoms with Gasteiger partial charge in [0.15, 0.2) is 0 Å². The van der Waals surface area contributed by atoms with Crippen LogP contribution >= 0.6 is 0 Å². The number of nitrogens with zero attached hydrogens (tertiary/aromatic N) is 1. The van der Waals surface area contributed by atoms with Crippen molar-refractivity contribution in [1.29, 1.82) is 0 Å². The summed E-state index contributed by atoms with van der Waals surface area (Å²) in [6, 6.07) is 8.08. The Morgan fingerprint density at radius 1 is 1.16 bits per heavy atom. The number of hydrogen-bond acceptors (Lipinski definition) is 3. The molecule has 1 aliphatic rings. The van der Waals surface area contributed by atoms with Crippen LogP contribution in [0.1, 0.15) is 44.6 Å². The number of piperidine rings is 1. The second-order valence-electron chi connectivity index (χ2n) is 7.08. The summed E-state index contributed by atoms with van der Waals surface area (Å²) in [7, 11) is 1.66. The van der Waals surface area contributed by atoms with Crippen molar-refractivity contribution in [2.45, 2.75) is 45.4 Å². The summed E-state index contributed by atoms with van der Waals surface area (Å²) < 4.78 is 5.15. The number of carbonyl (C=O) groups excluding carboxylic acids is 1. The minimum Gasteiger partial charge on any atom is -0.497 e. The predicted octanol–water partition coefficient (Wildman–Crippen LogP) is 3.37. The largest absolute Gasteiger partial charge is 0.497 e. The number of amides is 1. The monoisotopic (exact) mass is 347 g/mol. The summed E-state index contributed by atoms with van der Waals surface area (Å²) in [4.78, 5) is 25.3. The molecule has 1 N–H and O–H groups in total. The van der Waals surface area contributed by atoms with Gasteiger partial charge in [0.25, 0.3) is 0 Å². The van der Waals surface area contributed by atoms with Gasteiger partial charge in [-0.2, -0.15) is 0 Å². The van der Waals surface area contributed by atoms with Crippen LogP contribution in [-0.2, 0) is 16.0 Å². The van der Waals surface area contributed by atoms with Crippen molar-refractivity contribution in [3.63, 3.8) is 0 Å². The van der Waals surface area contributed by atoms with Crippen LogP contribution < -0.4 is 4.74 Å². The van der Waals surface area contributed by atoms with E-state index in [9.17, 15) is 14.7 Å². The minimum atomic E-state index is -0.788. The van der Waals surface area contributed by atoms with Gasteiger partial charge in [-0.05, 0) is 49.3 Å². The summed E-state index contributed by atoms with van der Waals surface area (Å²) in [5, 5.41) is 9.20. The number of carbonyl (C=O) groups is 2. The Bertz CT molecular complexity index is 570. The molecule has 2 unspecified atom stereocenters. The second-order valence-corrected chi connectivity index (χ2v) is 7.08. The molecule has 138 valence electrons. The van der Waals surface area contributed by atoms with Crippen molar-refractivity contribution in [3.05, 3.63) is 29.8 Å². The van der Waals surface area contributed by atoms with Crippen molar-refractivity contribution >= 4 is 11.9 Å². The first-order chi connectivity index (χ1) is 12.0. The number of carboxylic acids is 1. The van der Waals surface area contributed by atoms with Gasteiger partial charge >= 0.3 is 5.97 Å². The smallest absolute Gasteiger partial charge is 0.308 e. The van der Waals surface area contributed by atoms with Crippen LogP contribution in [0.25, 0.3) is 0 Å². The zero-order valence-electron chi connectivity index (χ0n) is 15.2. The topological polar surface area (TPSA) is 66.8 Å². The van der Waals surface area contributed by atoms with Crippen LogP contribution in [-0.4, -0.2) is 42.1 Å². The molecule has 25 heavy (non-hydrogen) atoms. The molecular formula is C20H29NO4. The van der Waals surface area contributed by atoms with E-state index < -0.39 is 11.9 Å². The lowest BCUT2D eigenvalue weighted by atomic mass is 9.90. The minimum absolute atomic E-state index is 0.0993. The number of aryl methyl sites for hydroxylation is 1. The molecule has 0 bridgehead atoms. The predicted molar refractivity (Wildman–Crippen MR) is 96.7 cm³/mol. The molecule has 2 rings (SSSR count). The average Bonchev–Trinajstić information content (AvgIpc) is 2.61. The van der Waals surface area contributed by atoms with Gasteiger partial charge in [0.05, 0.1) is 13.0 Å². The highest BCUT2D eigenvalue weighted by atomic mass is 16.5. The number of rotatable bonds is 8. The van der Waals surface area contributed by atoms with Gasteiger partial charge in [-0.3, -0.25) is 9.59 Å². The molecule has 1 saturated heterocycles. The first-order valence-corrected chi connectivity index (χ1v) is 9.13. The summed E-state index contributed by atoms with van der Waals surface area (Å²) >= 11 is 0. The number of methoxy groups -OCH3 is 1. The number of hydrogen-bond donors (Lipinski definition) is 1. The van der Waals surface area contributed by atoms with Crippen LogP contribution in [0.15, 0.2) is 24.3 Å². The average molecular weight is 347 g/mol.